The van der Waals surface area contributed by atoms with Crippen LogP contribution in [0.4, 0.5) is 16.2 Å². The van der Waals surface area contributed by atoms with E-state index in [0.717, 1.165) is 17.9 Å². The Morgan fingerprint density at radius 2 is 1.92 bits per heavy atom. The Morgan fingerprint density at radius 3 is 2.75 bits per heavy atom. The van der Waals surface area contributed by atoms with Crippen LogP contribution in [0, 0.1) is 0 Å². The number of hydrogen-bond donors (Lipinski definition) is 0. The van der Waals surface area contributed by atoms with Gasteiger partial charge in [-0.1, -0.05) is 35.5 Å². The van der Waals surface area contributed by atoms with E-state index >= 15 is 0 Å². The van der Waals surface area contributed by atoms with Crippen LogP contribution in [-0.2, 0) is 9.47 Å². The molecule has 0 aromatic heterocycles. The molecule has 0 spiro atoms. The number of para-hydroxylation sites is 1. The first kappa shape index (κ1) is 17.0. The second kappa shape index (κ2) is 7.81. The first-order valence-electron chi connectivity index (χ1n) is 7.82. The zero-order valence-corrected chi connectivity index (χ0v) is 14.9. The van der Waals surface area contributed by atoms with Gasteiger partial charge in [0.15, 0.2) is 0 Å². The average molecular weight is 364 g/mol. The van der Waals surface area contributed by atoms with Crippen molar-refractivity contribution in [2.24, 2.45) is 0 Å². The van der Waals surface area contributed by atoms with E-state index in [0.29, 0.717) is 24.7 Å². The van der Waals surface area contributed by atoms with E-state index in [-0.39, 0.29) is 0 Å². The molecule has 0 saturated carbocycles. The van der Waals surface area contributed by atoms with Crippen LogP contribution in [-0.4, -0.2) is 25.9 Å². The molecule has 1 aliphatic rings. The Balaban J connectivity index is 1.74. The molecule has 24 heavy (non-hydrogen) atoms. The van der Waals surface area contributed by atoms with Crippen LogP contribution in [0.2, 0.25) is 5.02 Å². The van der Waals surface area contributed by atoms with Gasteiger partial charge in [0.1, 0.15) is 0 Å². The summed E-state index contributed by atoms with van der Waals surface area (Å²) in [4.78, 5) is 15.9. The lowest BCUT2D eigenvalue weighted by Gasteiger charge is -2.32. The highest BCUT2D eigenvalue weighted by molar-refractivity contribution is 7.99. The number of carbonyl (C=O) groups excluding carboxylic acids is 1. The van der Waals surface area contributed by atoms with E-state index in [1.807, 2.05) is 30.3 Å². The van der Waals surface area contributed by atoms with Crippen molar-refractivity contribution in [3.05, 3.63) is 47.5 Å². The van der Waals surface area contributed by atoms with Crippen LogP contribution in [0.5, 0.6) is 0 Å². The van der Waals surface area contributed by atoms with E-state index in [1.54, 1.807) is 18.7 Å². The van der Waals surface area contributed by atoms with Gasteiger partial charge in [0.2, 0.25) is 0 Å². The fourth-order valence-electron chi connectivity index (χ4n) is 2.58. The first-order valence-corrected chi connectivity index (χ1v) is 9.02. The Labute approximate surface area is 150 Å². The summed E-state index contributed by atoms with van der Waals surface area (Å²) in [5.74, 6) is 0. The van der Waals surface area contributed by atoms with Crippen LogP contribution < -0.4 is 4.90 Å². The molecule has 126 valence electrons. The number of anilines is 2. The third-order valence-electron chi connectivity index (χ3n) is 3.60. The van der Waals surface area contributed by atoms with Crippen molar-refractivity contribution < 1.29 is 14.3 Å². The highest BCUT2D eigenvalue weighted by Gasteiger charge is 2.23. The van der Waals surface area contributed by atoms with Gasteiger partial charge in [-0.15, -0.1) is 0 Å². The highest BCUT2D eigenvalue weighted by Crippen LogP contribution is 2.48. The Hall–Kier alpha value is -1.85. The fourth-order valence-corrected chi connectivity index (χ4v) is 3.82. The minimum absolute atomic E-state index is 0.320. The molecule has 2 aromatic rings. The van der Waals surface area contributed by atoms with Crippen molar-refractivity contribution in [2.45, 2.75) is 23.1 Å². The molecule has 0 amide bonds. The van der Waals surface area contributed by atoms with Crippen molar-refractivity contribution in [3.63, 3.8) is 0 Å². The lowest BCUT2D eigenvalue weighted by atomic mass is 10.2. The summed E-state index contributed by atoms with van der Waals surface area (Å²) < 4.78 is 9.82. The molecule has 6 heteroatoms. The van der Waals surface area contributed by atoms with E-state index in [9.17, 15) is 4.79 Å². The van der Waals surface area contributed by atoms with Gasteiger partial charge in [-0.05, 0) is 43.7 Å². The summed E-state index contributed by atoms with van der Waals surface area (Å²) in [6.07, 6.45) is 0.0829. The molecule has 0 atom stereocenters. The first-order chi connectivity index (χ1) is 11.7. The standard InChI is InChI=1S/C18H18ClNO3S/c1-2-22-18(21)23-11-5-10-20-14-6-3-4-7-16(14)24-17-9-8-13(19)12-15(17)20/h3-4,6-9,12H,2,5,10-11H2,1H3. The minimum atomic E-state index is -0.615. The van der Waals surface area contributed by atoms with Crippen molar-refractivity contribution >= 4 is 40.9 Å². The summed E-state index contributed by atoms with van der Waals surface area (Å²) in [5, 5.41) is 0.710. The molecule has 0 radical (unpaired) electrons. The molecule has 3 rings (SSSR count). The van der Waals surface area contributed by atoms with E-state index in [1.165, 1.54) is 9.79 Å². The molecule has 0 unspecified atom stereocenters. The summed E-state index contributed by atoms with van der Waals surface area (Å²) in [5.41, 5.74) is 2.23. The van der Waals surface area contributed by atoms with Crippen LogP contribution in [0.3, 0.4) is 0 Å². The van der Waals surface area contributed by atoms with Gasteiger partial charge in [0, 0.05) is 21.4 Å². The summed E-state index contributed by atoms with van der Waals surface area (Å²) in [6, 6.07) is 14.2. The summed E-state index contributed by atoms with van der Waals surface area (Å²) in [6.45, 7) is 3.12. The number of halogens is 1. The third kappa shape index (κ3) is 3.79. The number of rotatable bonds is 5. The lowest BCUT2D eigenvalue weighted by Crippen LogP contribution is -2.23. The zero-order chi connectivity index (χ0) is 16.9. The maximum absolute atomic E-state index is 11.3. The van der Waals surface area contributed by atoms with E-state index in [2.05, 4.69) is 17.0 Å². The fraction of sp³-hybridized carbons (Fsp3) is 0.278. The zero-order valence-electron chi connectivity index (χ0n) is 13.3. The highest BCUT2D eigenvalue weighted by atomic mass is 35.5. The molecule has 0 N–H and O–H groups in total. The number of benzene rings is 2. The van der Waals surface area contributed by atoms with Crippen LogP contribution in [0.15, 0.2) is 52.3 Å². The molecule has 1 heterocycles. The van der Waals surface area contributed by atoms with Crippen LogP contribution >= 0.6 is 23.4 Å². The molecule has 1 aliphatic heterocycles. The average Bonchev–Trinajstić information content (AvgIpc) is 2.58. The van der Waals surface area contributed by atoms with Gasteiger partial charge in [-0.25, -0.2) is 4.79 Å². The SMILES string of the molecule is CCOC(=O)OCCCN1c2ccccc2Sc2ccc(Cl)cc21. The van der Waals surface area contributed by atoms with Gasteiger partial charge < -0.3 is 14.4 Å². The van der Waals surface area contributed by atoms with Crippen LogP contribution in [0.25, 0.3) is 0 Å². The number of hydrogen-bond acceptors (Lipinski definition) is 5. The van der Waals surface area contributed by atoms with Gasteiger partial charge in [0.05, 0.1) is 24.6 Å². The molecule has 0 aliphatic carbocycles. The number of carbonyl (C=O) groups is 1. The monoisotopic (exact) mass is 363 g/mol. The van der Waals surface area contributed by atoms with Gasteiger partial charge in [0.25, 0.3) is 0 Å². The Kier molecular flexibility index (Phi) is 5.53. The topological polar surface area (TPSA) is 38.8 Å². The lowest BCUT2D eigenvalue weighted by molar-refractivity contribution is 0.0587. The molecule has 0 saturated heterocycles. The molecular formula is C18H18ClNO3S. The number of ether oxygens (including phenoxy) is 2. The second-order valence-electron chi connectivity index (χ2n) is 5.22. The molecule has 0 fully saturated rings. The third-order valence-corrected chi connectivity index (χ3v) is 4.96. The van der Waals surface area contributed by atoms with E-state index < -0.39 is 6.16 Å². The number of nitrogens with zero attached hydrogens (tertiary/aromatic N) is 1. The Morgan fingerprint density at radius 1 is 1.12 bits per heavy atom. The second-order valence-corrected chi connectivity index (χ2v) is 6.74. The molecule has 2 aromatic carbocycles. The smallest absolute Gasteiger partial charge is 0.435 e. The van der Waals surface area contributed by atoms with Crippen molar-refractivity contribution in [2.75, 3.05) is 24.7 Å². The van der Waals surface area contributed by atoms with Gasteiger partial charge >= 0.3 is 6.16 Å². The van der Waals surface area contributed by atoms with Crippen molar-refractivity contribution in [1.29, 1.82) is 0 Å². The van der Waals surface area contributed by atoms with Crippen molar-refractivity contribution in [1.82, 2.24) is 0 Å². The normalized spacial score (nSPS) is 12.3. The predicted octanol–water partition coefficient (Wildman–Crippen LogP) is 5.51. The summed E-state index contributed by atoms with van der Waals surface area (Å²) >= 11 is 7.92. The molecule has 0 bridgehead atoms. The van der Waals surface area contributed by atoms with Crippen molar-refractivity contribution in [3.8, 4) is 0 Å². The largest absolute Gasteiger partial charge is 0.508 e. The van der Waals surface area contributed by atoms with Gasteiger partial charge in [-0.2, -0.15) is 0 Å². The van der Waals surface area contributed by atoms with Gasteiger partial charge in [-0.3, -0.25) is 0 Å². The quantitative estimate of drug-likeness (QED) is 0.517. The van der Waals surface area contributed by atoms with E-state index in [4.69, 9.17) is 21.1 Å². The maximum Gasteiger partial charge on any atom is 0.508 e. The molecule has 4 nitrogen and oxygen atoms in total. The van der Waals surface area contributed by atoms with Crippen LogP contribution in [0.1, 0.15) is 13.3 Å². The number of fused-ring (bicyclic) bond motifs is 2. The minimum Gasteiger partial charge on any atom is -0.435 e. The Bertz CT molecular complexity index is 738. The maximum atomic E-state index is 11.3. The summed E-state index contributed by atoms with van der Waals surface area (Å²) in [7, 11) is 0. The predicted molar refractivity (Wildman–Crippen MR) is 96.6 cm³/mol. The molecular weight excluding hydrogens is 346 g/mol.